The molecule has 0 saturated heterocycles. The van der Waals surface area contributed by atoms with E-state index in [0.29, 0.717) is 18.1 Å². The fourth-order valence-corrected chi connectivity index (χ4v) is 2.79. The Bertz CT molecular complexity index is 795. The van der Waals surface area contributed by atoms with Gasteiger partial charge in [-0.3, -0.25) is 4.68 Å². The maximum atomic E-state index is 9.29. The molecule has 0 aliphatic carbocycles. The molecule has 2 N–H and O–H groups in total. The van der Waals surface area contributed by atoms with E-state index >= 15 is 0 Å². The second-order valence-corrected chi connectivity index (χ2v) is 5.93. The van der Waals surface area contributed by atoms with E-state index in [2.05, 4.69) is 15.4 Å². The molecule has 0 fully saturated rings. The quantitative estimate of drug-likeness (QED) is 0.649. The van der Waals surface area contributed by atoms with E-state index in [-0.39, 0.29) is 6.61 Å². The smallest absolute Gasteiger partial charge is 0.123 e. The summed E-state index contributed by atoms with van der Waals surface area (Å²) in [5.74, 6) is 0.896. The van der Waals surface area contributed by atoms with E-state index in [1.165, 1.54) is 0 Å². The first-order valence-corrected chi connectivity index (χ1v) is 8.00. The minimum atomic E-state index is 0.0770. The monoisotopic (exact) mass is 333 g/mol. The predicted octanol–water partition coefficient (Wildman–Crippen LogP) is 1.98. The zero-order valence-electron chi connectivity index (χ0n) is 13.0. The number of aryl methyl sites for hydroxylation is 1. The molecule has 0 saturated carbocycles. The lowest BCUT2D eigenvalue weighted by Gasteiger charge is -2.08. The average molecular weight is 334 g/mol. The van der Waals surface area contributed by atoms with Gasteiger partial charge in [-0.1, -0.05) is 11.6 Å². The molecular weight excluding hydrogens is 314 g/mol. The number of nitrogens with one attached hydrogen (secondary N) is 1. The number of aromatic nitrogens is 4. The molecule has 0 unspecified atom stereocenters. The molecule has 7 heteroatoms. The molecule has 0 bridgehead atoms. The molecule has 0 spiro atoms. The summed E-state index contributed by atoms with van der Waals surface area (Å²) in [4.78, 5) is 4.62. The van der Waals surface area contributed by atoms with Gasteiger partial charge in [-0.2, -0.15) is 5.10 Å². The Morgan fingerprint density at radius 3 is 2.91 bits per heavy atom. The molecule has 3 aromatic rings. The van der Waals surface area contributed by atoms with Crippen LogP contribution in [0.25, 0.3) is 11.0 Å². The second kappa shape index (κ2) is 7.12. The standard InChI is InChI=1S/C16H20ClN5O/c1-12-9-19-21(11-12)5-4-18-10-16-20-14-8-13(17)2-3-15(14)22(16)6-7-23/h2-3,8-9,11,18,23H,4-7,10H2,1H3. The number of hydrogen-bond donors (Lipinski definition) is 2. The largest absolute Gasteiger partial charge is 0.395 e. The molecular formula is C16H20ClN5O. The number of fused-ring (bicyclic) bond motifs is 1. The Hall–Kier alpha value is -1.89. The predicted molar refractivity (Wildman–Crippen MR) is 90.5 cm³/mol. The number of aliphatic hydroxyl groups excluding tert-OH is 1. The molecule has 1 aromatic carbocycles. The molecule has 0 amide bonds. The van der Waals surface area contributed by atoms with E-state index in [0.717, 1.165) is 35.5 Å². The highest BCUT2D eigenvalue weighted by Gasteiger charge is 2.10. The van der Waals surface area contributed by atoms with E-state index in [4.69, 9.17) is 11.6 Å². The van der Waals surface area contributed by atoms with Gasteiger partial charge in [0.15, 0.2) is 0 Å². The lowest BCUT2D eigenvalue weighted by Crippen LogP contribution is -2.22. The van der Waals surface area contributed by atoms with Crippen molar-refractivity contribution in [3.8, 4) is 0 Å². The van der Waals surface area contributed by atoms with E-state index < -0.39 is 0 Å². The summed E-state index contributed by atoms with van der Waals surface area (Å²) in [6.45, 7) is 4.86. The fourth-order valence-electron chi connectivity index (χ4n) is 2.62. The molecule has 6 nitrogen and oxygen atoms in total. The second-order valence-electron chi connectivity index (χ2n) is 5.49. The van der Waals surface area contributed by atoms with Gasteiger partial charge in [0.05, 0.1) is 36.9 Å². The lowest BCUT2D eigenvalue weighted by molar-refractivity contribution is 0.275. The summed E-state index contributed by atoms with van der Waals surface area (Å²) in [7, 11) is 0. The third-order valence-corrected chi connectivity index (χ3v) is 3.91. The van der Waals surface area contributed by atoms with Gasteiger partial charge < -0.3 is 15.0 Å². The van der Waals surface area contributed by atoms with Crippen molar-refractivity contribution in [2.75, 3.05) is 13.2 Å². The zero-order chi connectivity index (χ0) is 16.2. The van der Waals surface area contributed by atoms with Gasteiger partial charge in [-0.15, -0.1) is 0 Å². The van der Waals surface area contributed by atoms with Crippen molar-refractivity contribution in [3.63, 3.8) is 0 Å². The maximum absolute atomic E-state index is 9.29. The Morgan fingerprint density at radius 1 is 1.30 bits per heavy atom. The summed E-state index contributed by atoms with van der Waals surface area (Å²) in [5, 5.41) is 17.6. The number of imidazole rings is 1. The number of aliphatic hydroxyl groups is 1. The third-order valence-electron chi connectivity index (χ3n) is 3.68. The molecule has 122 valence electrons. The number of benzene rings is 1. The Balaban J connectivity index is 1.67. The highest BCUT2D eigenvalue weighted by Crippen LogP contribution is 2.20. The van der Waals surface area contributed by atoms with Gasteiger partial charge in [0.1, 0.15) is 5.82 Å². The van der Waals surface area contributed by atoms with Crippen molar-refractivity contribution in [3.05, 3.63) is 47.0 Å². The van der Waals surface area contributed by atoms with Crippen LogP contribution in [0.5, 0.6) is 0 Å². The maximum Gasteiger partial charge on any atom is 0.123 e. The number of hydrogen-bond acceptors (Lipinski definition) is 4. The van der Waals surface area contributed by atoms with Gasteiger partial charge in [0.25, 0.3) is 0 Å². The van der Waals surface area contributed by atoms with Crippen LogP contribution in [-0.2, 0) is 19.6 Å². The lowest BCUT2D eigenvalue weighted by atomic mass is 10.3. The number of rotatable bonds is 7. The van der Waals surface area contributed by atoms with Crippen LogP contribution in [0.15, 0.2) is 30.6 Å². The van der Waals surface area contributed by atoms with Crippen LogP contribution in [-0.4, -0.2) is 37.6 Å². The van der Waals surface area contributed by atoms with E-state index in [1.54, 1.807) is 0 Å². The number of nitrogens with zero attached hydrogens (tertiary/aromatic N) is 4. The Kier molecular flexibility index (Phi) is 4.95. The van der Waals surface area contributed by atoms with E-state index in [1.807, 2.05) is 46.8 Å². The molecule has 0 radical (unpaired) electrons. The van der Waals surface area contributed by atoms with Gasteiger partial charge in [-0.05, 0) is 30.7 Å². The average Bonchev–Trinajstić information content (AvgIpc) is 3.08. The summed E-state index contributed by atoms with van der Waals surface area (Å²) < 4.78 is 3.94. The highest BCUT2D eigenvalue weighted by atomic mass is 35.5. The van der Waals surface area contributed by atoms with Gasteiger partial charge in [0, 0.05) is 24.3 Å². The van der Waals surface area contributed by atoms with Gasteiger partial charge in [0.2, 0.25) is 0 Å². The summed E-state index contributed by atoms with van der Waals surface area (Å²) in [5.41, 5.74) is 3.00. The third kappa shape index (κ3) is 3.72. The van der Waals surface area contributed by atoms with Crippen LogP contribution in [0.1, 0.15) is 11.4 Å². The van der Waals surface area contributed by atoms with Crippen LogP contribution >= 0.6 is 11.6 Å². The van der Waals surface area contributed by atoms with Crippen LogP contribution in [0.2, 0.25) is 5.02 Å². The SMILES string of the molecule is Cc1cnn(CCNCc2nc3cc(Cl)ccc3n2CCO)c1. The molecule has 0 aliphatic heterocycles. The van der Waals surface area contributed by atoms with Gasteiger partial charge >= 0.3 is 0 Å². The molecule has 23 heavy (non-hydrogen) atoms. The molecule has 0 aliphatic rings. The van der Waals surface area contributed by atoms with Crippen molar-refractivity contribution in [2.24, 2.45) is 0 Å². The summed E-state index contributed by atoms with van der Waals surface area (Å²) in [6, 6.07) is 5.63. The molecule has 3 rings (SSSR count). The van der Waals surface area contributed by atoms with Crippen molar-refractivity contribution < 1.29 is 5.11 Å². The fraction of sp³-hybridized carbons (Fsp3) is 0.375. The first kappa shape index (κ1) is 16.0. The van der Waals surface area contributed by atoms with Crippen molar-refractivity contribution in [1.82, 2.24) is 24.6 Å². The van der Waals surface area contributed by atoms with Crippen LogP contribution in [0.4, 0.5) is 0 Å². The summed E-state index contributed by atoms with van der Waals surface area (Å²) in [6.07, 6.45) is 3.87. The minimum absolute atomic E-state index is 0.0770. The van der Waals surface area contributed by atoms with Crippen LogP contribution in [0, 0.1) is 6.92 Å². The Morgan fingerprint density at radius 2 is 2.17 bits per heavy atom. The highest BCUT2D eigenvalue weighted by molar-refractivity contribution is 6.31. The molecule has 2 heterocycles. The summed E-state index contributed by atoms with van der Waals surface area (Å²) >= 11 is 6.03. The van der Waals surface area contributed by atoms with E-state index in [9.17, 15) is 5.11 Å². The van der Waals surface area contributed by atoms with Crippen LogP contribution in [0.3, 0.4) is 0 Å². The molecule has 2 aromatic heterocycles. The van der Waals surface area contributed by atoms with Crippen molar-refractivity contribution in [2.45, 2.75) is 26.6 Å². The normalized spacial score (nSPS) is 11.4. The van der Waals surface area contributed by atoms with Crippen molar-refractivity contribution in [1.29, 1.82) is 0 Å². The van der Waals surface area contributed by atoms with Crippen LogP contribution < -0.4 is 5.32 Å². The first-order valence-electron chi connectivity index (χ1n) is 7.62. The zero-order valence-corrected chi connectivity index (χ0v) is 13.8. The topological polar surface area (TPSA) is 67.9 Å². The first-order chi connectivity index (χ1) is 11.2. The molecule has 0 atom stereocenters. The Labute approximate surface area is 139 Å². The number of halogens is 1. The van der Waals surface area contributed by atoms with Crippen molar-refractivity contribution >= 4 is 22.6 Å². The van der Waals surface area contributed by atoms with Gasteiger partial charge in [-0.25, -0.2) is 4.98 Å². The minimum Gasteiger partial charge on any atom is -0.395 e.